The fraction of sp³-hybridized carbons (Fsp3) is 0.222. The van der Waals surface area contributed by atoms with Gasteiger partial charge in [0.1, 0.15) is 5.82 Å². The molecule has 1 N–H and O–H groups in total. The number of nitrogens with zero attached hydrogens (tertiary/aromatic N) is 2. The SMILES string of the molecule is CNCC=CCN1c2ccccc2N(c2ccc(C)cc2F)S1(=O)=O.Cl. The van der Waals surface area contributed by atoms with Gasteiger partial charge in [0.05, 0.1) is 23.6 Å². The molecule has 0 saturated heterocycles. The number of hydrogen-bond acceptors (Lipinski definition) is 3. The third-order valence-corrected chi connectivity index (χ3v) is 5.72. The lowest BCUT2D eigenvalue weighted by Gasteiger charge is -2.21. The van der Waals surface area contributed by atoms with Crippen molar-refractivity contribution in [3.05, 3.63) is 66.0 Å². The number of rotatable bonds is 5. The molecule has 0 aliphatic carbocycles. The standard InChI is InChI=1S/C18H20FN3O2S.ClH/c1-14-9-10-16(15(19)13-14)22-18-8-4-3-7-17(18)21(25(22,23)24)12-6-5-11-20-2;/h3-10,13,20H,11-12H2,1-2H3;1H. The van der Waals surface area contributed by atoms with Gasteiger partial charge in [-0.1, -0.05) is 30.4 Å². The van der Waals surface area contributed by atoms with E-state index in [1.807, 2.05) is 13.1 Å². The number of benzene rings is 2. The number of aryl methyl sites for hydroxylation is 1. The maximum atomic E-state index is 14.5. The van der Waals surface area contributed by atoms with Gasteiger partial charge in [0.15, 0.2) is 0 Å². The summed E-state index contributed by atoms with van der Waals surface area (Å²) in [5.74, 6) is -0.564. The van der Waals surface area contributed by atoms with Crippen LogP contribution in [0.25, 0.3) is 0 Å². The lowest BCUT2D eigenvalue weighted by atomic mass is 10.2. The van der Waals surface area contributed by atoms with Crippen LogP contribution in [0.2, 0.25) is 0 Å². The summed E-state index contributed by atoms with van der Waals surface area (Å²) in [6, 6.07) is 11.5. The molecular weight excluding hydrogens is 377 g/mol. The van der Waals surface area contributed by atoms with E-state index in [2.05, 4.69) is 5.32 Å². The summed E-state index contributed by atoms with van der Waals surface area (Å²) in [7, 11) is -2.09. The molecule has 0 spiro atoms. The third-order valence-electron chi connectivity index (χ3n) is 3.96. The van der Waals surface area contributed by atoms with Gasteiger partial charge in [0.25, 0.3) is 0 Å². The van der Waals surface area contributed by atoms with Crippen LogP contribution in [-0.2, 0) is 10.2 Å². The number of anilines is 3. The molecule has 1 aliphatic heterocycles. The van der Waals surface area contributed by atoms with E-state index in [0.29, 0.717) is 17.9 Å². The van der Waals surface area contributed by atoms with Crippen LogP contribution in [0.15, 0.2) is 54.6 Å². The highest BCUT2D eigenvalue weighted by molar-refractivity contribution is 7.95. The quantitative estimate of drug-likeness (QED) is 0.785. The van der Waals surface area contributed by atoms with Crippen LogP contribution >= 0.6 is 12.4 Å². The van der Waals surface area contributed by atoms with Crippen molar-refractivity contribution in [1.29, 1.82) is 0 Å². The first-order chi connectivity index (χ1) is 12.0. The van der Waals surface area contributed by atoms with Gasteiger partial charge in [-0.05, 0) is 43.8 Å². The minimum atomic E-state index is -3.91. The molecule has 0 bridgehead atoms. The van der Waals surface area contributed by atoms with Crippen LogP contribution in [0.4, 0.5) is 21.5 Å². The molecule has 5 nitrogen and oxygen atoms in total. The minimum absolute atomic E-state index is 0. The van der Waals surface area contributed by atoms with Crippen LogP contribution in [0.1, 0.15) is 5.56 Å². The van der Waals surface area contributed by atoms with E-state index >= 15 is 0 Å². The number of para-hydroxylation sites is 2. The summed E-state index contributed by atoms with van der Waals surface area (Å²) in [5, 5.41) is 2.97. The smallest absolute Gasteiger partial charge is 0.316 e. The number of fused-ring (bicyclic) bond motifs is 1. The van der Waals surface area contributed by atoms with Crippen molar-refractivity contribution < 1.29 is 12.8 Å². The maximum absolute atomic E-state index is 14.5. The number of hydrogen-bond donors (Lipinski definition) is 1. The molecule has 1 aliphatic rings. The van der Waals surface area contributed by atoms with E-state index in [-0.39, 0.29) is 24.6 Å². The highest BCUT2D eigenvalue weighted by atomic mass is 35.5. The molecule has 0 aromatic heterocycles. The lowest BCUT2D eigenvalue weighted by molar-refractivity contribution is 0.592. The predicted molar refractivity (Wildman–Crippen MR) is 106 cm³/mol. The molecule has 0 fully saturated rings. The van der Waals surface area contributed by atoms with E-state index in [0.717, 1.165) is 9.87 Å². The van der Waals surface area contributed by atoms with Crippen LogP contribution in [0.3, 0.4) is 0 Å². The summed E-state index contributed by atoms with van der Waals surface area (Å²) >= 11 is 0. The molecule has 0 saturated carbocycles. The Morgan fingerprint density at radius 1 is 1.08 bits per heavy atom. The van der Waals surface area contributed by atoms with E-state index < -0.39 is 16.0 Å². The number of nitrogens with one attached hydrogen (secondary N) is 1. The van der Waals surface area contributed by atoms with Gasteiger partial charge in [-0.2, -0.15) is 8.42 Å². The Kier molecular flexibility index (Phi) is 6.28. The first-order valence-electron chi connectivity index (χ1n) is 7.94. The molecule has 0 radical (unpaired) electrons. The van der Waals surface area contributed by atoms with Gasteiger partial charge in [-0.25, -0.2) is 13.0 Å². The largest absolute Gasteiger partial charge is 0.331 e. The van der Waals surface area contributed by atoms with E-state index in [4.69, 9.17) is 0 Å². The lowest BCUT2D eigenvalue weighted by Crippen LogP contribution is -2.35. The van der Waals surface area contributed by atoms with Gasteiger partial charge in [0.2, 0.25) is 0 Å². The molecule has 140 valence electrons. The Bertz CT molecular complexity index is 918. The highest BCUT2D eigenvalue weighted by Gasteiger charge is 2.41. The average molecular weight is 398 g/mol. The molecule has 2 aromatic rings. The van der Waals surface area contributed by atoms with E-state index in [1.165, 1.54) is 16.4 Å². The van der Waals surface area contributed by atoms with Crippen molar-refractivity contribution in [3.63, 3.8) is 0 Å². The Hall–Kier alpha value is -2.09. The van der Waals surface area contributed by atoms with Gasteiger partial charge in [-0.15, -0.1) is 12.4 Å². The van der Waals surface area contributed by atoms with Crippen molar-refractivity contribution in [2.45, 2.75) is 6.92 Å². The number of halogens is 2. The maximum Gasteiger partial charge on any atom is 0.331 e. The zero-order chi connectivity index (χ0) is 18.0. The summed E-state index contributed by atoms with van der Waals surface area (Å²) < 4.78 is 43.0. The molecule has 8 heteroatoms. The van der Waals surface area contributed by atoms with Crippen molar-refractivity contribution in [2.24, 2.45) is 0 Å². The number of likely N-dealkylation sites (N-methyl/N-ethyl adjacent to an activating group) is 1. The summed E-state index contributed by atoms with van der Waals surface area (Å²) in [6.45, 7) is 2.59. The monoisotopic (exact) mass is 397 g/mol. The van der Waals surface area contributed by atoms with E-state index in [1.54, 1.807) is 43.3 Å². The van der Waals surface area contributed by atoms with Crippen LogP contribution in [0.5, 0.6) is 0 Å². The van der Waals surface area contributed by atoms with Crippen LogP contribution in [0, 0.1) is 12.7 Å². The normalized spacial score (nSPS) is 15.2. The third kappa shape index (κ3) is 3.56. The molecule has 26 heavy (non-hydrogen) atoms. The molecular formula is C18H21ClFN3O2S. The molecule has 0 unspecified atom stereocenters. The molecule has 2 aromatic carbocycles. The van der Waals surface area contributed by atoms with Crippen molar-refractivity contribution in [1.82, 2.24) is 5.32 Å². The summed E-state index contributed by atoms with van der Waals surface area (Å²) in [5.41, 5.74) is 1.75. The second-order valence-electron chi connectivity index (χ2n) is 5.78. The van der Waals surface area contributed by atoms with Crippen molar-refractivity contribution in [3.8, 4) is 0 Å². The predicted octanol–water partition coefficient (Wildman–Crippen LogP) is 3.53. The van der Waals surface area contributed by atoms with Gasteiger partial charge in [-0.3, -0.25) is 0 Å². The summed E-state index contributed by atoms with van der Waals surface area (Å²) in [4.78, 5) is 0. The van der Waals surface area contributed by atoms with Crippen LogP contribution in [-0.4, -0.2) is 28.6 Å². The first-order valence-corrected chi connectivity index (χ1v) is 9.34. The van der Waals surface area contributed by atoms with Crippen molar-refractivity contribution in [2.75, 3.05) is 28.7 Å². The fourth-order valence-electron chi connectivity index (χ4n) is 2.79. The molecule has 0 amide bonds. The Labute approximate surface area is 159 Å². The fourth-order valence-corrected chi connectivity index (χ4v) is 4.46. The summed E-state index contributed by atoms with van der Waals surface area (Å²) in [6.07, 6.45) is 3.63. The molecule has 3 rings (SSSR count). The Balaban J connectivity index is 0.00000243. The Morgan fingerprint density at radius 2 is 1.77 bits per heavy atom. The highest BCUT2D eigenvalue weighted by Crippen LogP contribution is 2.45. The van der Waals surface area contributed by atoms with Gasteiger partial charge < -0.3 is 5.32 Å². The second-order valence-corrected chi connectivity index (χ2v) is 7.48. The second kappa shape index (κ2) is 8.07. The first kappa shape index (κ1) is 20.2. The van der Waals surface area contributed by atoms with Crippen molar-refractivity contribution >= 4 is 39.7 Å². The zero-order valence-corrected chi connectivity index (χ0v) is 16.1. The minimum Gasteiger partial charge on any atom is -0.316 e. The zero-order valence-electron chi connectivity index (χ0n) is 14.5. The Morgan fingerprint density at radius 3 is 2.42 bits per heavy atom. The van der Waals surface area contributed by atoms with Crippen LogP contribution < -0.4 is 13.9 Å². The van der Waals surface area contributed by atoms with Gasteiger partial charge >= 0.3 is 10.2 Å². The molecule has 1 heterocycles. The van der Waals surface area contributed by atoms with E-state index in [9.17, 15) is 12.8 Å². The van der Waals surface area contributed by atoms with Gasteiger partial charge in [0, 0.05) is 6.54 Å². The topological polar surface area (TPSA) is 52.6 Å². The average Bonchev–Trinajstić information content (AvgIpc) is 2.79. The molecule has 0 atom stereocenters.